The van der Waals surface area contributed by atoms with E-state index in [0.29, 0.717) is 21.9 Å². The Bertz CT molecular complexity index is 1190. The second-order valence-corrected chi connectivity index (χ2v) is 8.15. The quantitative estimate of drug-likeness (QED) is 0.333. The molecule has 0 heterocycles. The van der Waals surface area contributed by atoms with Crippen molar-refractivity contribution in [1.29, 1.82) is 0 Å². The van der Waals surface area contributed by atoms with Gasteiger partial charge in [-0.05, 0) is 57.9 Å². The van der Waals surface area contributed by atoms with Gasteiger partial charge in [-0.3, -0.25) is 0 Å². The average molecular weight is 500 g/mol. The van der Waals surface area contributed by atoms with Crippen molar-refractivity contribution in [3.8, 4) is 11.1 Å². The van der Waals surface area contributed by atoms with Gasteiger partial charge in [0, 0.05) is 20.1 Å². The molecule has 0 saturated carbocycles. The van der Waals surface area contributed by atoms with Crippen LogP contribution in [0.3, 0.4) is 0 Å². The highest BCUT2D eigenvalue weighted by Gasteiger charge is 2.22. The van der Waals surface area contributed by atoms with Gasteiger partial charge in [0.05, 0.1) is 11.1 Å². The fourth-order valence-electron chi connectivity index (χ4n) is 3.50. The van der Waals surface area contributed by atoms with E-state index in [1.165, 1.54) is 12.1 Å². The number of benzene rings is 4. The number of fused-ring (bicyclic) bond motifs is 2. The molecule has 4 aromatic carbocycles. The third-order valence-electron chi connectivity index (χ3n) is 4.67. The van der Waals surface area contributed by atoms with Crippen LogP contribution >= 0.6 is 31.9 Å². The lowest BCUT2D eigenvalue weighted by atomic mass is 9.87. The van der Waals surface area contributed by atoms with Crippen molar-refractivity contribution < 1.29 is 19.8 Å². The van der Waals surface area contributed by atoms with Gasteiger partial charge in [-0.15, -0.1) is 0 Å². The molecule has 0 spiro atoms. The summed E-state index contributed by atoms with van der Waals surface area (Å²) in [7, 11) is 0. The summed E-state index contributed by atoms with van der Waals surface area (Å²) in [5, 5.41) is 22.6. The summed E-state index contributed by atoms with van der Waals surface area (Å²) < 4.78 is 1.71. The van der Waals surface area contributed by atoms with E-state index in [1.807, 2.05) is 36.4 Å². The number of carbonyl (C=O) groups is 2. The lowest BCUT2D eigenvalue weighted by Crippen LogP contribution is -2.05. The van der Waals surface area contributed by atoms with Crippen molar-refractivity contribution in [3.63, 3.8) is 0 Å². The van der Waals surface area contributed by atoms with Gasteiger partial charge in [-0.1, -0.05) is 56.1 Å². The molecule has 28 heavy (non-hydrogen) atoms. The first-order chi connectivity index (χ1) is 13.4. The van der Waals surface area contributed by atoms with E-state index < -0.39 is 11.9 Å². The summed E-state index contributed by atoms with van der Waals surface area (Å²) in [6.45, 7) is 0. The van der Waals surface area contributed by atoms with E-state index in [4.69, 9.17) is 0 Å². The largest absolute Gasteiger partial charge is 0.478 e. The van der Waals surface area contributed by atoms with E-state index in [1.54, 1.807) is 12.1 Å². The third-order valence-corrected chi connectivity index (χ3v) is 5.66. The van der Waals surface area contributed by atoms with Crippen molar-refractivity contribution in [2.45, 2.75) is 0 Å². The molecule has 2 N–H and O–H groups in total. The van der Waals surface area contributed by atoms with Gasteiger partial charge >= 0.3 is 11.9 Å². The summed E-state index contributed by atoms with van der Waals surface area (Å²) >= 11 is 6.86. The maximum atomic E-state index is 12.0. The van der Waals surface area contributed by atoms with Gasteiger partial charge < -0.3 is 10.2 Å². The number of carboxylic acid groups (broad SMARTS) is 2. The SMILES string of the molecule is O=C(O)c1ccc2cc(Br)ccc2c1-c1c(C(=O)O)ccc2cc(Br)ccc12. The van der Waals surface area contributed by atoms with Crippen molar-refractivity contribution in [1.82, 2.24) is 0 Å². The number of halogens is 2. The van der Waals surface area contributed by atoms with Crippen LogP contribution in [0.4, 0.5) is 0 Å². The van der Waals surface area contributed by atoms with Crippen LogP contribution in [0.5, 0.6) is 0 Å². The number of rotatable bonds is 3. The molecule has 0 unspecified atom stereocenters. The maximum Gasteiger partial charge on any atom is 0.336 e. The zero-order valence-electron chi connectivity index (χ0n) is 14.2. The van der Waals surface area contributed by atoms with Crippen LogP contribution in [0.25, 0.3) is 32.7 Å². The summed E-state index contributed by atoms with van der Waals surface area (Å²) in [4.78, 5) is 24.0. The summed E-state index contributed by atoms with van der Waals surface area (Å²) in [6, 6.07) is 17.5. The molecule has 4 aromatic rings. The molecular weight excluding hydrogens is 488 g/mol. The molecule has 6 heteroatoms. The predicted octanol–water partition coefficient (Wildman–Crippen LogP) is 6.58. The minimum atomic E-state index is -1.11. The molecule has 4 nitrogen and oxygen atoms in total. The number of carboxylic acids is 2. The summed E-state index contributed by atoms with van der Waals surface area (Å²) in [5.41, 5.74) is 0.936. The fourth-order valence-corrected chi connectivity index (χ4v) is 4.25. The van der Waals surface area contributed by atoms with Crippen LogP contribution in [-0.4, -0.2) is 22.2 Å². The van der Waals surface area contributed by atoms with Crippen LogP contribution in [0.15, 0.2) is 69.6 Å². The van der Waals surface area contributed by atoms with Crippen molar-refractivity contribution >= 4 is 65.3 Å². The smallest absolute Gasteiger partial charge is 0.336 e. The number of hydrogen-bond acceptors (Lipinski definition) is 2. The molecule has 0 aliphatic heterocycles. The molecule has 0 radical (unpaired) electrons. The molecule has 0 bridgehead atoms. The average Bonchev–Trinajstić information content (AvgIpc) is 2.65. The van der Waals surface area contributed by atoms with E-state index in [0.717, 1.165) is 19.7 Å². The van der Waals surface area contributed by atoms with Crippen molar-refractivity contribution in [3.05, 3.63) is 80.7 Å². The zero-order chi connectivity index (χ0) is 20.0. The fraction of sp³-hybridized carbons (Fsp3) is 0. The lowest BCUT2D eigenvalue weighted by Gasteiger charge is -2.16. The van der Waals surface area contributed by atoms with Gasteiger partial charge in [0.1, 0.15) is 0 Å². The Balaban J connectivity index is 2.25. The first-order valence-corrected chi connectivity index (χ1v) is 9.87. The molecule has 0 aliphatic rings. The van der Waals surface area contributed by atoms with E-state index in [-0.39, 0.29) is 11.1 Å². The lowest BCUT2D eigenvalue weighted by molar-refractivity contribution is 0.0684. The minimum absolute atomic E-state index is 0.0627. The molecule has 138 valence electrons. The molecular formula is C22H12Br2O4. The van der Waals surface area contributed by atoms with Gasteiger partial charge in [-0.25, -0.2) is 9.59 Å². The van der Waals surface area contributed by atoms with E-state index >= 15 is 0 Å². The second kappa shape index (κ2) is 7.04. The van der Waals surface area contributed by atoms with Crippen LogP contribution in [0.2, 0.25) is 0 Å². The van der Waals surface area contributed by atoms with Crippen molar-refractivity contribution in [2.24, 2.45) is 0 Å². The Hall–Kier alpha value is -2.70. The molecule has 0 atom stereocenters. The van der Waals surface area contributed by atoms with Crippen LogP contribution < -0.4 is 0 Å². The Kier molecular flexibility index (Phi) is 4.69. The normalized spacial score (nSPS) is 11.1. The van der Waals surface area contributed by atoms with Gasteiger partial charge in [0.2, 0.25) is 0 Å². The van der Waals surface area contributed by atoms with Crippen molar-refractivity contribution in [2.75, 3.05) is 0 Å². The summed E-state index contributed by atoms with van der Waals surface area (Å²) in [6.07, 6.45) is 0. The Morgan fingerprint density at radius 3 is 1.36 bits per heavy atom. The standard InChI is InChI=1S/C22H12Br2O4/c23-13-3-7-15-11(9-13)1-5-17(21(25)26)19(15)20-16-8-4-14(24)10-12(16)2-6-18(20)22(27)28/h1-10H,(H,25,26)(H,27,28). The number of aromatic carboxylic acids is 2. The van der Waals surface area contributed by atoms with Gasteiger partial charge in [0.25, 0.3) is 0 Å². The highest BCUT2D eigenvalue weighted by Crippen LogP contribution is 2.40. The monoisotopic (exact) mass is 498 g/mol. The van der Waals surface area contributed by atoms with E-state index in [2.05, 4.69) is 31.9 Å². The highest BCUT2D eigenvalue weighted by atomic mass is 79.9. The maximum absolute atomic E-state index is 12.0. The molecule has 0 aliphatic carbocycles. The highest BCUT2D eigenvalue weighted by molar-refractivity contribution is 9.10. The number of hydrogen-bond donors (Lipinski definition) is 2. The summed E-state index contributed by atoms with van der Waals surface area (Å²) in [5.74, 6) is -2.21. The van der Waals surface area contributed by atoms with Gasteiger partial charge in [0.15, 0.2) is 0 Å². The Morgan fingerprint density at radius 2 is 1.00 bits per heavy atom. The van der Waals surface area contributed by atoms with Crippen LogP contribution in [0, 0.1) is 0 Å². The molecule has 4 rings (SSSR count). The molecule has 0 aromatic heterocycles. The van der Waals surface area contributed by atoms with Gasteiger partial charge in [-0.2, -0.15) is 0 Å². The second-order valence-electron chi connectivity index (χ2n) is 6.32. The first-order valence-electron chi connectivity index (χ1n) is 8.28. The zero-order valence-corrected chi connectivity index (χ0v) is 17.4. The Labute approximate surface area is 176 Å². The molecule has 0 saturated heterocycles. The Morgan fingerprint density at radius 1 is 0.607 bits per heavy atom. The third kappa shape index (κ3) is 3.08. The molecule has 0 amide bonds. The topological polar surface area (TPSA) is 74.6 Å². The van der Waals surface area contributed by atoms with Crippen LogP contribution in [0.1, 0.15) is 20.7 Å². The molecule has 0 fully saturated rings. The first kappa shape index (κ1) is 18.7. The predicted molar refractivity (Wildman–Crippen MR) is 116 cm³/mol. The van der Waals surface area contributed by atoms with Crippen LogP contribution in [-0.2, 0) is 0 Å². The van der Waals surface area contributed by atoms with E-state index in [9.17, 15) is 19.8 Å². The minimum Gasteiger partial charge on any atom is -0.478 e.